The summed E-state index contributed by atoms with van der Waals surface area (Å²) in [5, 5.41) is 13.5. The van der Waals surface area contributed by atoms with Crippen LogP contribution in [0.3, 0.4) is 0 Å². The fraction of sp³-hybridized carbons (Fsp3) is 0.714. The van der Waals surface area contributed by atoms with Gasteiger partial charge < -0.3 is 14.2 Å². The van der Waals surface area contributed by atoms with E-state index in [9.17, 15) is 9.67 Å². The number of phenolic OH excluding ortho intramolecular Hbond substituents is 1. The number of hydrogen-bond acceptors (Lipinski definition) is 5. The summed E-state index contributed by atoms with van der Waals surface area (Å²) < 4.78 is 25.2. The number of aromatic hydroxyl groups is 1. The van der Waals surface area contributed by atoms with E-state index in [-0.39, 0.29) is 11.3 Å². The maximum Gasteiger partial charge on any atom is 0.351 e. The first-order chi connectivity index (χ1) is 13.0. The van der Waals surface area contributed by atoms with E-state index >= 15 is 0 Å². The van der Waals surface area contributed by atoms with Gasteiger partial charge in [0.15, 0.2) is 0 Å². The van der Waals surface area contributed by atoms with Gasteiger partial charge in [0.1, 0.15) is 11.5 Å². The van der Waals surface area contributed by atoms with Crippen molar-refractivity contribution < 1.29 is 18.7 Å². The number of nitrogens with one attached hydrogen (secondary N) is 1. The predicted octanol–water partition coefficient (Wildman–Crippen LogP) is 5.22. The van der Waals surface area contributed by atoms with Crippen LogP contribution in [0.4, 0.5) is 0 Å². The van der Waals surface area contributed by atoms with Crippen molar-refractivity contribution in [2.24, 2.45) is 17.8 Å². The Hall–Kier alpha value is -0.870. The molecule has 0 saturated heterocycles. The van der Waals surface area contributed by atoms with Crippen LogP contribution in [0.2, 0.25) is 0 Å². The number of phenols is 1. The summed E-state index contributed by atoms with van der Waals surface area (Å²) in [6, 6.07) is 6.95. The molecular formula is C21H32NO4P. The number of rotatable bonds is 8. The van der Waals surface area contributed by atoms with E-state index in [0.29, 0.717) is 13.2 Å². The van der Waals surface area contributed by atoms with Crippen molar-refractivity contribution >= 4 is 7.60 Å². The fourth-order valence-corrected chi connectivity index (χ4v) is 8.19. The molecule has 0 aliphatic heterocycles. The molecule has 0 spiro atoms. The molecule has 4 aliphatic carbocycles. The van der Waals surface area contributed by atoms with Gasteiger partial charge in [0.05, 0.1) is 13.2 Å². The lowest BCUT2D eigenvalue weighted by molar-refractivity contribution is -0.0231. The molecule has 0 amide bonds. The summed E-state index contributed by atoms with van der Waals surface area (Å²) in [4.78, 5) is 0. The van der Waals surface area contributed by atoms with E-state index in [2.05, 4.69) is 5.32 Å². The average molecular weight is 393 g/mol. The van der Waals surface area contributed by atoms with Gasteiger partial charge in [-0.1, -0.05) is 12.1 Å². The summed E-state index contributed by atoms with van der Waals surface area (Å²) >= 11 is 0. The summed E-state index contributed by atoms with van der Waals surface area (Å²) in [6.45, 7) is 4.39. The topological polar surface area (TPSA) is 67.8 Å². The third-order valence-corrected chi connectivity index (χ3v) is 8.92. The molecule has 0 aromatic heterocycles. The molecule has 1 aromatic carbocycles. The van der Waals surface area contributed by atoms with Crippen LogP contribution in [0.25, 0.3) is 0 Å². The van der Waals surface area contributed by atoms with Crippen LogP contribution in [-0.2, 0) is 13.6 Å². The van der Waals surface area contributed by atoms with E-state index in [1.54, 1.807) is 12.1 Å². The lowest BCUT2D eigenvalue weighted by atomic mass is 9.53. The molecule has 4 bridgehead atoms. The zero-order valence-electron chi connectivity index (χ0n) is 16.4. The minimum absolute atomic E-state index is 0.0289. The maximum atomic E-state index is 13.8. The number of benzene rings is 1. The van der Waals surface area contributed by atoms with Crippen LogP contribution in [0.15, 0.2) is 24.3 Å². The van der Waals surface area contributed by atoms with Crippen molar-refractivity contribution in [2.45, 2.75) is 63.7 Å². The Morgan fingerprint density at radius 3 is 1.96 bits per heavy atom. The lowest BCUT2D eigenvalue weighted by Crippen LogP contribution is -2.59. The SMILES string of the molecule is CCOP(=O)(OCC)C(NC12CC3CC(CC(C3)C1)C2)c1ccc(O)cc1. The normalized spacial score (nSPS) is 33.3. The van der Waals surface area contributed by atoms with Crippen LogP contribution >= 0.6 is 7.60 Å². The van der Waals surface area contributed by atoms with Gasteiger partial charge in [-0.05, 0) is 87.8 Å². The summed E-state index contributed by atoms with van der Waals surface area (Å²) in [6.07, 6.45) is 7.56. The van der Waals surface area contributed by atoms with Crippen molar-refractivity contribution in [3.63, 3.8) is 0 Å². The van der Waals surface area contributed by atoms with E-state index in [0.717, 1.165) is 42.6 Å². The minimum atomic E-state index is -3.38. The van der Waals surface area contributed by atoms with E-state index in [1.165, 1.54) is 19.3 Å². The molecule has 150 valence electrons. The van der Waals surface area contributed by atoms with Crippen molar-refractivity contribution in [1.29, 1.82) is 0 Å². The van der Waals surface area contributed by atoms with Crippen LogP contribution in [0, 0.1) is 17.8 Å². The molecular weight excluding hydrogens is 361 g/mol. The van der Waals surface area contributed by atoms with Crippen LogP contribution in [0.5, 0.6) is 5.75 Å². The van der Waals surface area contributed by atoms with Gasteiger partial charge in [-0.15, -0.1) is 0 Å². The molecule has 4 aliphatic rings. The van der Waals surface area contributed by atoms with Gasteiger partial charge in [0.25, 0.3) is 0 Å². The van der Waals surface area contributed by atoms with Gasteiger partial charge in [-0.25, -0.2) is 0 Å². The third kappa shape index (κ3) is 3.85. The molecule has 0 radical (unpaired) electrons. The molecule has 4 fully saturated rings. The highest BCUT2D eigenvalue weighted by Gasteiger charge is 2.53. The van der Waals surface area contributed by atoms with Crippen molar-refractivity contribution in [3.05, 3.63) is 29.8 Å². The molecule has 1 aromatic rings. The van der Waals surface area contributed by atoms with Gasteiger partial charge in [-0.3, -0.25) is 9.88 Å². The molecule has 6 heteroatoms. The monoisotopic (exact) mass is 393 g/mol. The summed E-state index contributed by atoms with van der Waals surface area (Å²) in [7, 11) is -3.38. The molecule has 2 N–H and O–H groups in total. The average Bonchev–Trinajstić information content (AvgIpc) is 2.60. The van der Waals surface area contributed by atoms with Crippen molar-refractivity contribution in [1.82, 2.24) is 5.32 Å². The zero-order valence-corrected chi connectivity index (χ0v) is 17.3. The van der Waals surface area contributed by atoms with Gasteiger partial charge in [-0.2, -0.15) is 0 Å². The second-order valence-electron chi connectivity index (χ2n) is 8.71. The maximum absolute atomic E-state index is 13.8. The van der Waals surface area contributed by atoms with Gasteiger partial charge in [0, 0.05) is 5.54 Å². The Morgan fingerprint density at radius 2 is 1.52 bits per heavy atom. The van der Waals surface area contributed by atoms with Crippen LogP contribution < -0.4 is 5.32 Å². The van der Waals surface area contributed by atoms with Crippen LogP contribution in [0.1, 0.15) is 63.7 Å². The first-order valence-electron chi connectivity index (χ1n) is 10.4. The third-order valence-electron chi connectivity index (χ3n) is 6.62. The van der Waals surface area contributed by atoms with E-state index < -0.39 is 13.4 Å². The molecule has 4 saturated carbocycles. The van der Waals surface area contributed by atoms with Gasteiger partial charge >= 0.3 is 7.60 Å². The van der Waals surface area contributed by atoms with Crippen molar-refractivity contribution in [2.75, 3.05) is 13.2 Å². The van der Waals surface area contributed by atoms with Crippen LogP contribution in [-0.4, -0.2) is 23.9 Å². The highest BCUT2D eigenvalue weighted by atomic mass is 31.2. The largest absolute Gasteiger partial charge is 0.508 e. The lowest BCUT2D eigenvalue weighted by Gasteiger charge is -2.58. The molecule has 5 rings (SSSR count). The predicted molar refractivity (Wildman–Crippen MR) is 106 cm³/mol. The second kappa shape index (κ2) is 7.51. The second-order valence-corrected chi connectivity index (χ2v) is 10.8. The highest BCUT2D eigenvalue weighted by molar-refractivity contribution is 7.54. The Bertz CT molecular complexity index is 659. The molecule has 27 heavy (non-hydrogen) atoms. The Kier molecular flexibility index (Phi) is 5.41. The smallest absolute Gasteiger partial charge is 0.351 e. The summed E-state index contributed by atoms with van der Waals surface area (Å²) in [5.74, 6) is 2.08. The van der Waals surface area contributed by atoms with E-state index in [1.807, 2.05) is 26.0 Å². The molecule has 0 heterocycles. The Balaban J connectivity index is 1.67. The minimum Gasteiger partial charge on any atom is -0.508 e. The Morgan fingerprint density at radius 1 is 1.04 bits per heavy atom. The molecule has 1 unspecified atom stereocenters. The molecule has 5 nitrogen and oxygen atoms in total. The quantitative estimate of drug-likeness (QED) is 0.593. The Labute approximate surface area is 162 Å². The number of hydrogen-bond donors (Lipinski definition) is 2. The first kappa shape index (κ1) is 19.4. The van der Waals surface area contributed by atoms with E-state index in [4.69, 9.17) is 9.05 Å². The molecule has 1 atom stereocenters. The van der Waals surface area contributed by atoms with Gasteiger partial charge in [0.2, 0.25) is 0 Å². The zero-order chi connectivity index (χ0) is 19.1. The highest BCUT2D eigenvalue weighted by Crippen LogP contribution is 2.63. The summed E-state index contributed by atoms with van der Waals surface area (Å²) in [5.41, 5.74) is 0.884. The first-order valence-corrected chi connectivity index (χ1v) is 12.0. The van der Waals surface area contributed by atoms with Crippen molar-refractivity contribution in [3.8, 4) is 5.75 Å². The standard InChI is InChI=1S/C21H32NO4P/c1-3-25-27(24,26-4-2)20(18-5-7-19(23)8-6-18)22-21-12-15-9-16(13-21)11-17(10-15)14-21/h5-8,15-17,20,22-23H,3-4,9-14H2,1-2H3. The fourth-order valence-electron chi connectivity index (χ4n) is 6.13.